The summed E-state index contributed by atoms with van der Waals surface area (Å²) in [6, 6.07) is 13.9. The molecule has 172 valence electrons. The second-order valence-electron chi connectivity index (χ2n) is 14.1. The van der Waals surface area contributed by atoms with Crippen molar-refractivity contribution in [3.8, 4) is 0 Å². The van der Waals surface area contributed by atoms with Crippen molar-refractivity contribution in [2.75, 3.05) is 0 Å². The number of benzene rings is 2. The van der Waals surface area contributed by atoms with Crippen LogP contribution in [-0.2, 0) is 27.1 Å². The summed E-state index contributed by atoms with van der Waals surface area (Å²) in [5.41, 5.74) is 9.13. The molecule has 0 bridgehead atoms. The van der Waals surface area contributed by atoms with E-state index < -0.39 is 0 Å². The van der Waals surface area contributed by atoms with Gasteiger partial charge in [0.25, 0.3) is 0 Å². The van der Waals surface area contributed by atoms with Crippen LogP contribution in [0.2, 0.25) is 0 Å². The van der Waals surface area contributed by atoms with Gasteiger partial charge in [-0.2, -0.15) is 0 Å². The summed E-state index contributed by atoms with van der Waals surface area (Å²) in [5, 5.41) is 0. The molecule has 0 radical (unpaired) electrons. The molecular formula is C31H48. The van der Waals surface area contributed by atoms with E-state index in [9.17, 15) is 0 Å². The zero-order chi connectivity index (χ0) is 24.2. The van der Waals surface area contributed by atoms with Crippen molar-refractivity contribution < 1.29 is 0 Å². The molecule has 0 nitrogen and oxygen atoms in total. The van der Waals surface area contributed by atoms with Crippen LogP contribution in [0, 0.1) is 0 Å². The summed E-state index contributed by atoms with van der Waals surface area (Å²) in [5.74, 6) is 0. The minimum atomic E-state index is -0.0943. The summed E-state index contributed by atoms with van der Waals surface area (Å²) >= 11 is 0. The number of rotatable bonds is 2. The highest BCUT2D eigenvalue weighted by Crippen LogP contribution is 2.48. The minimum absolute atomic E-state index is 0.0488. The van der Waals surface area contributed by atoms with Crippen molar-refractivity contribution in [1.82, 2.24) is 0 Å². The lowest BCUT2D eigenvalue weighted by atomic mass is 9.62. The molecule has 0 amide bonds. The van der Waals surface area contributed by atoms with Gasteiger partial charge in [0.2, 0.25) is 0 Å². The van der Waals surface area contributed by atoms with Gasteiger partial charge in [-0.1, -0.05) is 133 Å². The fourth-order valence-electron chi connectivity index (χ4n) is 5.13. The maximum absolute atomic E-state index is 2.44. The Hall–Kier alpha value is -1.56. The van der Waals surface area contributed by atoms with E-state index in [1.54, 1.807) is 0 Å². The Labute approximate surface area is 193 Å². The molecule has 0 unspecified atom stereocenters. The second-order valence-corrected chi connectivity index (χ2v) is 14.1. The average molecular weight is 421 g/mol. The Morgan fingerprint density at radius 3 is 1.10 bits per heavy atom. The van der Waals surface area contributed by atoms with Crippen molar-refractivity contribution >= 4 is 0 Å². The molecular weight excluding hydrogens is 372 g/mol. The van der Waals surface area contributed by atoms with Crippen molar-refractivity contribution in [3.63, 3.8) is 0 Å². The highest BCUT2D eigenvalue weighted by atomic mass is 14.4. The van der Waals surface area contributed by atoms with Crippen LogP contribution >= 0.6 is 0 Å². The highest BCUT2D eigenvalue weighted by Gasteiger charge is 2.39. The van der Waals surface area contributed by atoms with Gasteiger partial charge in [-0.05, 0) is 55.0 Å². The molecule has 2 rings (SSSR count). The molecule has 0 N–H and O–H groups in total. The van der Waals surface area contributed by atoms with Crippen molar-refractivity contribution in [3.05, 3.63) is 69.8 Å². The molecule has 0 spiro atoms. The average Bonchev–Trinajstić information content (AvgIpc) is 2.57. The van der Waals surface area contributed by atoms with Crippen molar-refractivity contribution in [2.24, 2.45) is 0 Å². The van der Waals surface area contributed by atoms with E-state index >= 15 is 0 Å². The normalized spacial score (nSPS) is 14.1. The summed E-state index contributed by atoms with van der Waals surface area (Å²) in [4.78, 5) is 0. The molecule has 0 atom stereocenters. The van der Waals surface area contributed by atoms with Crippen LogP contribution in [0.1, 0.15) is 130 Å². The van der Waals surface area contributed by atoms with Gasteiger partial charge in [-0.25, -0.2) is 0 Å². The molecule has 0 aliphatic rings. The van der Waals surface area contributed by atoms with E-state index in [2.05, 4.69) is 133 Å². The maximum atomic E-state index is 2.44. The highest BCUT2D eigenvalue weighted by molar-refractivity contribution is 5.56. The van der Waals surface area contributed by atoms with E-state index in [0.29, 0.717) is 0 Å². The quantitative estimate of drug-likeness (QED) is 0.454. The van der Waals surface area contributed by atoms with Crippen molar-refractivity contribution in [2.45, 2.75) is 124 Å². The largest absolute Gasteiger partial charge is 0.0620 e. The van der Waals surface area contributed by atoms with Gasteiger partial charge in [0, 0.05) is 5.41 Å². The molecule has 0 saturated carbocycles. The molecule has 2 aromatic rings. The lowest BCUT2D eigenvalue weighted by molar-refractivity contribution is 0.480. The van der Waals surface area contributed by atoms with Crippen LogP contribution in [0.25, 0.3) is 0 Å². The SMILES string of the molecule is CC(C)(C)c1ccccc1C(C)(C)c1ccc(C(C)(C)C)c(C(C)(C)C)c1C(C)(C)C. The first-order valence-corrected chi connectivity index (χ1v) is 12.0. The zero-order valence-electron chi connectivity index (χ0n) is 23.0. The molecule has 0 fully saturated rings. The Bertz CT molecular complexity index is 926. The van der Waals surface area contributed by atoms with Crippen LogP contribution in [0.3, 0.4) is 0 Å². The third kappa shape index (κ3) is 5.10. The Kier molecular flexibility index (Phi) is 6.46. The standard InChI is InChI=1S/C31H48/c1-27(2,3)21-17-15-16-18-22(21)31(13,14)24-20-19-23(28(4,5)6)25(29(7,8)9)26(24)30(10,11)12/h15-20H,1-14H3. The zero-order valence-corrected chi connectivity index (χ0v) is 23.0. The van der Waals surface area contributed by atoms with Gasteiger partial charge in [-0.15, -0.1) is 0 Å². The lowest BCUT2D eigenvalue weighted by Gasteiger charge is -2.42. The van der Waals surface area contributed by atoms with Gasteiger partial charge in [-0.3, -0.25) is 0 Å². The predicted octanol–water partition coefficient (Wildman–Crippen LogP) is 9.20. The molecule has 0 aliphatic heterocycles. The fourth-order valence-corrected chi connectivity index (χ4v) is 5.13. The maximum Gasteiger partial charge on any atom is 0.0152 e. The summed E-state index contributed by atoms with van der Waals surface area (Å²) in [6.45, 7) is 33.2. The van der Waals surface area contributed by atoms with E-state index in [1.807, 2.05) is 0 Å². The van der Waals surface area contributed by atoms with Gasteiger partial charge in [0.05, 0.1) is 0 Å². The van der Waals surface area contributed by atoms with Crippen molar-refractivity contribution in [1.29, 1.82) is 0 Å². The Morgan fingerprint density at radius 1 is 0.355 bits per heavy atom. The molecule has 0 heteroatoms. The molecule has 2 aromatic carbocycles. The fraction of sp³-hybridized carbons (Fsp3) is 0.613. The van der Waals surface area contributed by atoms with Crippen LogP contribution in [0.15, 0.2) is 36.4 Å². The monoisotopic (exact) mass is 420 g/mol. The topological polar surface area (TPSA) is 0 Å². The first kappa shape index (κ1) is 25.7. The molecule has 0 aromatic heterocycles. The van der Waals surface area contributed by atoms with Crippen LogP contribution in [0.5, 0.6) is 0 Å². The summed E-state index contributed by atoms with van der Waals surface area (Å²) < 4.78 is 0. The first-order chi connectivity index (χ1) is 13.7. The predicted molar refractivity (Wildman–Crippen MR) is 140 cm³/mol. The van der Waals surface area contributed by atoms with Crippen LogP contribution in [0.4, 0.5) is 0 Å². The van der Waals surface area contributed by atoms with Gasteiger partial charge in [0.1, 0.15) is 0 Å². The molecule has 0 aliphatic carbocycles. The molecule has 0 saturated heterocycles. The smallest absolute Gasteiger partial charge is 0.0152 e. The third-order valence-corrected chi connectivity index (χ3v) is 6.60. The summed E-state index contributed by atoms with van der Waals surface area (Å²) in [6.07, 6.45) is 0. The van der Waals surface area contributed by atoms with Crippen LogP contribution < -0.4 is 0 Å². The Morgan fingerprint density at radius 2 is 0.710 bits per heavy atom. The van der Waals surface area contributed by atoms with Crippen LogP contribution in [-0.4, -0.2) is 0 Å². The van der Waals surface area contributed by atoms with E-state index in [-0.39, 0.29) is 27.1 Å². The van der Waals surface area contributed by atoms with E-state index in [4.69, 9.17) is 0 Å². The third-order valence-electron chi connectivity index (χ3n) is 6.60. The number of hydrogen-bond acceptors (Lipinski definition) is 0. The lowest BCUT2D eigenvalue weighted by Crippen LogP contribution is -2.34. The molecule has 0 heterocycles. The number of hydrogen-bond donors (Lipinski definition) is 0. The van der Waals surface area contributed by atoms with E-state index in [1.165, 1.54) is 33.4 Å². The van der Waals surface area contributed by atoms with Gasteiger partial charge >= 0.3 is 0 Å². The minimum Gasteiger partial charge on any atom is -0.0620 e. The van der Waals surface area contributed by atoms with Gasteiger partial charge in [0.15, 0.2) is 0 Å². The summed E-state index contributed by atoms with van der Waals surface area (Å²) in [7, 11) is 0. The van der Waals surface area contributed by atoms with E-state index in [0.717, 1.165) is 0 Å². The first-order valence-electron chi connectivity index (χ1n) is 12.0. The second kappa shape index (κ2) is 7.79. The van der Waals surface area contributed by atoms with Gasteiger partial charge < -0.3 is 0 Å². The molecule has 31 heavy (non-hydrogen) atoms. The Balaban J connectivity index is 3.04.